The van der Waals surface area contributed by atoms with Crippen LogP contribution in [0.25, 0.3) is 11.0 Å². The van der Waals surface area contributed by atoms with Crippen molar-refractivity contribution in [2.45, 2.75) is 6.92 Å². The van der Waals surface area contributed by atoms with E-state index in [2.05, 4.69) is 8.75 Å². The van der Waals surface area contributed by atoms with Crippen molar-refractivity contribution in [2.24, 2.45) is 0 Å². The zero-order valence-electron chi connectivity index (χ0n) is 9.01. The Kier molecular flexibility index (Phi) is 2.26. The van der Waals surface area contributed by atoms with Crippen LogP contribution in [0, 0.1) is 6.92 Å². The molecular weight excluding hydrogens is 236 g/mol. The molecule has 0 radical (unpaired) electrons. The molecule has 0 N–H and O–H groups in total. The second-order valence-corrected chi connectivity index (χ2v) is 4.28. The molecule has 4 nitrogen and oxygen atoms in total. The fraction of sp³-hybridized carbons (Fsp3) is 0.0833. The predicted molar refractivity (Wildman–Crippen MR) is 64.3 cm³/mol. The van der Waals surface area contributed by atoms with E-state index in [9.17, 15) is 4.79 Å². The van der Waals surface area contributed by atoms with Crippen LogP contribution in [0.15, 0.2) is 34.9 Å². The third-order valence-corrected chi connectivity index (χ3v) is 3.04. The van der Waals surface area contributed by atoms with Crippen molar-refractivity contribution in [1.82, 2.24) is 8.75 Å². The highest BCUT2D eigenvalue weighted by molar-refractivity contribution is 6.99. The first kappa shape index (κ1) is 10.2. The summed E-state index contributed by atoms with van der Waals surface area (Å²) < 4.78 is 13.3. The summed E-state index contributed by atoms with van der Waals surface area (Å²) in [6.45, 7) is 1.95. The first-order valence-corrected chi connectivity index (χ1v) is 5.80. The number of carbonyl (C=O) groups excluding carboxylic acids is 1. The van der Waals surface area contributed by atoms with Crippen LogP contribution in [0.1, 0.15) is 21.8 Å². The smallest absolute Gasteiger partial charge is 0.249 e. The van der Waals surface area contributed by atoms with Crippen LogP contribution < -0.4 is 0 Å². The van der Waals surface area contributed by atoms with Gasteiger partial charge in [0.05, 0.1) is 17.9 Å². The van der Waals surface area contributed by atoms with Crippen molar-refractivity contribution in [3.63, 3.8) is 0 Å². The van der Waals surface area contributed by atoms with Gasteiger partial charge in [-0.2, -0.15) is 8.75 Å². The highest BCUT2D eigenvalue weighted by Crippen LogP contribution is 2.23. The van der Waals surface area contributed by atoms with Crippen molar-refractivity contribution < 1.29 is 9.21 Å². The van der Waals surface area contributed by atoms with Crippen molar-refractivity contribution in [1.29, 1.82) is 0 Å². The minimum absolute atomic E-state index is 0.227. The van der Waals surface area contributed by atoms with Crippen LogP contribution in [0.3, 0.4) is 0 Å². The summed E-state index contributed by atoms with van der Waals surface area (Å²) in [5, 5.41) is 0.927. The van der Waals surface area contributed by atoms with Gasteiger partial charge < -0.3 is 4.42 Å². The van der Waals surface area contributed by atoms with Crippen LogP contribution >= 0.6 is 11.7 Å². The third-order valence-electron chi connectivity index (χ3n) is 2.56. The first-order valence-electron chi connectivity index (χ1n) is 5.07. The van der Waals surface area contributed by atoms with E-state index in [0.29, 0.717) is 11.5 Å². The third kappa shape index (κ3) is 1.64. The summed E-state index contributed by atoms with van der Waals surface area (Å²) in [5.41, 5.74) is 2.09. The Hall–Kier alpha value is -2.01. The molecule has 0 fully saturated rings. The number of aromatic nitrogens is 2. The summed E-state index contributed by atoms with van der Waals surface area (Å²) in [5.74, 6) is 0.0800. The average Bonchev–Trinajstić information content (AvgIpc) is 2.98. The molecule has 0 aliphatic carbocycles. The number of para-hydroxylation sites is 1. The predicted octanol–water partition coefficient (Wildman–Crippen LogP) is 2.82. The maximum absolute atomic E-state index is 12.0. The van der Waals surface area contributed by atoms with Crippen molar-refractivity contribution in [2.75, 3.05) is 0 Å². The largest absolute Gasteiger partial charge is 0.452 e. The van der Waals surface area contributed by atoms with Gasteiger partial charge in [-0.3, -0.25) is 4.79 Å². The molecule has 0 atom stereocenters. The lowest BCUT2D eigenvalue weighted by atomic mass is 10.1. The number of nitrogens with zero attached hydrogens (tertiary/aromatic N) is 2. The van der Waals surface area contributed by atoms with Crippen molar-refractivity contribution in [3.05, 3.63) is 47.5 Å². The lowest BCUT2D eigenvalue weighted by Crippen LogP contribution is -1.98. The Morgan fingerprint density at radius 3 is 3.00 bits per heavy atom. The monoisotopic (exact) mass is 244 g/mol. The molecule has 0 unspecified atom stereocenters. The number of fused-ring (bicyclic) bond motifs is 1. The van der Waals surface area contributed by atoms with Crippen LogP contribution in [0.2, 0.25) is 0 Å². The van der Waals surface area contributed by atoms with Crippen molar-refractivity contribution in [3.8, 4) is 0 Å². The number of hydrogen-bond donors (Lipinski definition) is 0. The molecule has 5 heteroatoms. The number of carbonyl (C=O) groups is 1. The Labute approximate surface area is 101 Å². The molecule has 0 aliphatic heterocycles. The molecule has 2 aromatic heterocycles. The summed E-state index contributed by atoms with van der Waals surface area (Å²) >= 11 is 1.01. The minimum Gasteiger partial charge on any atom is -0.452 e. The van der Waals surface area contributed by atoms with Gasteiger partial charge in [-0.15, -0.1) is 0 Å². The number of hydrogen-bond acceptors (Lipinski definition) is 5. The van der Waals surface area contributed by atoms with Crippen molar-refractivity contribution >= 4 is 28.5 Å². The van der Waals surface area contributed by atoms with Crippen LogP contribution in [0.5, 0.6) is 0 Å². The van der Waals surface area contributed by atoms with E-state index < -0.39 is 0 Å². The molecule has 3 aromatic rings. The molecule has 0 bridgehead atoms. The second kappa shape index (κ2) is 3.78. The van der Waals surface area contributed by atoms with Gasteiger partial charge in [0, 0.05) is 5.39 Å². The van der Waals surface area contributed by atoms with Gasteiger partial charge in [0.25, 0.3) is 0 Å². The summed E-state index contributed by atoms with van der Waals surface area (Å²) in [6, 6.07) is 7.54. The molecule has 2 heterocycles. The molecule has 0 saturated heterocycles. The lowest BCUT2D eigenvalue weighted by Gasteiger charge is -1.92. The van der Waals surface area contributed by atoms with Gasteiger partial charge in [-0.25, -0.2) is 0 Å². The van der Waals surface area contributed by atoms with Crippen LogP contribution in [0.4, 0.5) is 0 Å². The van der Waals surface area contributed by atoms with Gasteiger partial charge in [0.2, 0.25) is 5.78 Å². The Bertz CT molecular complexity index is 686. The molecule has 0 aliphatic rings. The number of benzene rings is 1. The highest BCUT2D eigenvalue weighted by Gasteiger charge is 2.17. The maximum atomic E-state index is 12.0. The van der Waals surface area contributed by atoms with Gasteiger partial charge >= 0.3 is 0 Å². The minimum atomic E-state index is -0.227. The second-order valence-electron chi connectivity index (χ2n) is 3.73. The van der Waals surface area contributed by atoms with Gasteiger partial charge in [0.1, 0.15) is 11.3 Å². The molecule has 3 rings (SSSR count). The molecular formula is C12H8N2O2S. The number of furan rings is 1. The molecule has 84 valence electrons. The number of ketones is 1. The first-order chi connectivity index (χ1) is 8.25. The van der Waals surface area contributed by atoms with E-state index in [0.717, 1.165) is 28.3 Å². The van der Waals surface area contributed by atoms with Gasteiger partial charge in [-0.05, 0) is 18.6 Å². The lowest BCUT2D eigenvalue weighted by molar-refractivity contribution is 0.101. The number of rotatable bonds is 2. The SMILES string of the molecule is Cc1cccc2cc(C(=O)c3cnsn3)oc12. The fourth-order valence-corrected chi connectivity index (χ4v) is 2.12. The maximum Gasteiger partial charge on any atom is 0.249 e. The molecule has 1 aromatic carbocycles. The Morgan fingerprint density at radius 1 is 1.41 bits per heavy atom. The van der Waals surface area contributed by atoms with E-state index in [1.165, 1.54) is 6.20 Å². The summed E-state index contributed by atoms with van der Waals surface area (Å²) in [7, 11) is 0. The molecule has 0 spiro atoms. The van der Waals surface area contributed by atoms with E-state index in [-0.39, 0.29) is 5.78 Å². The van der Waals surface area contributed by atoms with E-state index in [1.54, 1.807) is 6.07 Å². The fourth-order valence-electron chi connectivity index (χ4n) is 1.71. The molecule has 17 heavy (non-hydrogen) atoms. The molecule has 0 amide bonds. The zero-order chi connectivity index (χ0) is 11.8. The van der Waals surface area contributed by atoms with Crippen LogP contribution in [-0.2, 0) is 0 Å². The quantitative estimate of drug-likeness (QED) is 0.650. The van der Waals surface area contributed by atoms with E-state index >= 15 is 0 Å². The number of aryl methyl sites for hydroxylation is 1. The Balaban J connectivity index is 2.13. The van der Waals surface area contributed by atoms with E-state index in [1.807, 2.05) is 25.1 Å². The zero-order valence-corrected chi connectivity index (χ0v) is 9.82. The highest BCUT2D eigenvalue weighted by atomic mass is 32.1. The summed E-state index contributed by atoms with van der Waals surface area (Å²) in [6.07, 6.45) is 1.45. The average molecular weight is 244 g/mol. The van der Waals surface area contributed by atoms with Gasteiger partial charge in [-0.1, -0.05) is 18.2 Å². The van der Waals surface area contributed by atoms with Crippen LogP contribution in [-0.4, -0.2) is 14.5 Å². The van der Waals surface area contributed by atoms with E-state index in [4.69, 9.17) is 4.42 Å². The normalized spacial score (nSPS) is 10.9. The standard InChI is InChI=1S/C12H8N2O2S/c1-7-3-2-4-8-5-10(16-12(7)8)11(15)9-6-13-17-14-9/h2-6H,1H3. The van der Waals surface area contributed by atoms with Gasteiger partial charge in [0.15, 0.2) is 5.76 Å². The topological polar surface area (TPSA) is 56.0 Å². The molecule has 0 saturated carbocycles. The summed E-state index contributed by atoms with van der Waals surface area (Å²) in [4.78, 5) is 12.0. The Morgan fingerprint density at radius 2 is 2.29 bits per heavy atom.